The topological polar surface area (TPSA) is 29.5 Å². The Bertz CT molecular complexity index is 73.6. The molecule has 0 heterocycles. The molecule has 0 saturated carbocycles. The summed E-state index contributed by atoms with van der Waals surface area (Å²) in [6.07, 6.45) is 0. The van der Waals surface area contributed by atoms with Crippen molar-refractivity contribution in [3.63, 3.8) is 0 Å². The van der Waals surface area contributed by atoms with Gasteiger partial charge in [0.1, 0.15) is 0 Å². The van der Waals surface area contributed by atoms with E-state index in [1.54, 1.807) is 7.11 Å². The zero-order chi connectivity index (χ0) is 7.49. The molecule has 0 aliphatic heterocycles. The van der Waals surface area contributed by atoms with Crippen LogP contribution in [-0.4, -0.2) is 32.6 Å². The number of aliphatic hydroxyl groups excluding tert-OH is 1. The number of rotatable bonds is 3. The van der Waals surface area contributed by atoms with E-state index in [-0.39, 0.29) is 12.3 Å². The normalized spacial score (nSPS) is 15.7. The average Bonchev–Trinajstić information content (AvgIpc) is 1.65. The van der Waals surface area contributed by atoms with E-state index in [1.807, 2.05) is 0 Å². The minimum absolute atomic E-state index is 0.0949. The zero-order valence-corrected chi connectivity index (χ0v) is 7.64. The van der Waals surface area contributed by atoms with Gasteiger partial charge in [-0.25, -0.2) is 0 Å². The Balaban J connectivity index is 3.79. The van der Waals surface area contributed by atoms with Crippen LogP contribution in [0.1, 0.15) is 0 Å². The van der Waals surface area contributed by atoms with Crippen molar-refractivity contribution >= 4 is 8.07 Å². The van der Waals surface area contributed by atoms with Gasteiger partial charge in [-0.05, 0) is 0 Å². The second-order valence-electron chi connectivity index (χ2n) is 3.27. The van der Waals surface area contributed by atoms with Crippen LogP contribution >= 0.6 is 0 Å². The molecule has 0 saturated heterocycles. The number of hydrogen-bond acceptors (Lipinski definition) is 2. The average molecular weight is 148 g/mol. The second kappa shape index (κ2) is 3.34. The predicted octanol–water partition coefficient (Wildman–Crippen LogP) is 0.871. The van der Waals surface area contributed by atoms with Gasteiger partial charge in [-0.3, -0.25) is 0 Å². The van der Waals surface area contributed by atoms with E-state index in [0.29, 0.717) is 0 Å². The van der Waals surface area contributed by atoms with Gasteiger partial charge < -0.3 is 9.84 Å². The Morgan fingerprint density at radius 2 is 1.89 bits per heavy atom. The molecule has 1 N–H and O–H groups in total. The van der Waals surface area contributed by atoms with Crippen LogP contribution in [0.5, 0.6) is 0 Å². The highest BCUT2D eigenvalue weighted by molar-refractivity contribution is 6.77. The Hall–Kier alpha value is 0.137. The molecule has 0 aromatic rings. The predicted molar refractivity (Wildman–Crippen MR) is 41.2 cm³/mol. The van der Waals surface area contributed by atoms with Crippen molar-refractivity contribution in [1.29, 1.82) is 0 Å². The number of methoxy groups -OCH3 is 1. The molecule has 3 heteroatoms. The van der Waals surface area contributed by atoms with Gasteiger partial charge in [-0.15, -0.1) is 0 Å². The summed E-state index contributed by atoms with van der Waals surface area (Å²) in [4.78, 5) is 0. The van der Waals surface area contributed by atoms with Crippen molar-refractivity contribution in [2.75, 3.05) is 13.7 Å². The maximum absolute atomic E-state index is 8.77. The summed E-state index contributed by atoms with van der Waals surface area (Å²) in [5, 5.41) is 8.77. The first-order valence-electron chi connectivity index (χ1n) is 3.16. The van der Waals surface area contributed by atoms with Crippen LogP contribution in [-0.2, 0) is 4.74 Å². The Kier molecular flexibility index (Phi) is 3.39. The molecule has 0 aromatic heterocycles. The van der Waals surface area contributed by atoms with E-state index >= 15 is 0 Å². The van der Waals surface area contributed by atoms with Crippen LogP contribution in [0, 0.1) is 0 Å². The van der Waals surface area contributed by atoms with Gasteiger partial charge >= 0.3 is 0 Å². The van der Waals surface area contributed by atoms with E-state index in [4.69, 9.17) is 9.84 Å². The van der Waals surface area contributed by atoms with Crippen molar-refractivity contribution in [1.82, 2.24) is 0 Å². The molecule has 0 bridgehead atoms. The summed E-state index contributed by atoms with van der Waals surface area (Å²) in [6, 6.07) is 0. The smallest absolute Gasteiger partial charge is 0.0815 e. The molecule has 0 aliphatic carbocycles. The Labute approximate surface area is 57.9 Å². The lowest BCUT2D eigenvalue weighted by atomic mass is 10.8. The van der Waals surface area contributed by atoms with Crippen molar-refractivity contribution in [3.8, 4) is 0 Å². The fourth-order valence-electron chi connectivity index (χ4n) is 0.702. The highest BCUT2D eigenvalue weighted by Crippen LogP contribution is 2.09. The minimum atomic E-state index is -1.26. The van der Waals surface area contributed by atoms with Gasteiger partial charge in [0.2, 0.25) is 0 Å². The third-order valence-corrected chi connectivity index (χ3v) is 3.77. The maximum atomic E-state index is 8.77. The first kappa shape index (κ1) is 9.14. The Morgan fingerprint density at radius 1 is 1.44 bits per heavy atom. The highest BCUT2D eigenvalue weighted by atomic mass is 28.3. The van der Waals surface area contributed by atoms with Crippen LogP contribution in [0.25, 0.3) is 0 Å². The summed E-state index contributed by atoms with van der Waals surface area (Å²) in [6.45, 7) is 6.69. The van der Waals surface area contributed by atoms with Crippen LogP contribution < -0.4 is 0 Å². The molecule has 0 radical (unpaired) electrons. The van der Waals surface area contributed by atoms with Gasteiger partial charge in [-0.2, -0.15) is 0 Å². The van der Waals surface area contributed by atoms with Crippen molar-refractivity contribution < 1.29 is 9.84 Å². The molecule has 56 valence electrons. The summed E-state index contributed by atoms with van der Waals surface area (Å²) in [7, 11) is 0.393. The van der Waals surface area contributed by atoms with E-state index in [0.717, 1.165) is 0 Å². The molecule has 0 rings (SSSR count). The largest absolute Gasteiger partial charge is 0.394 e. The molecule has 9 heavy (non-hydrogen) atoms. The van der Waals surface area contributed by atoms with Gasteiger partial charge in [0, 0.05) is 7.11 Å². The van der Waals surface area contributed by atoms with Gasteiger partial charge in [-0.1, -0.05) is 19.6 Å². The van der Waals surface area contributed by atoms with Crippen molar-refractivity contribution in [2.24, 2.45) is 0 Å². The number of aliphatic hydroxyl groups is 1. The van der Waals surface area contributed by atoms with Crippen molar-refractivity contribution in [2.45, 2.75) is 25.4 Å². The quantitative estimate of drug-likeness (QED) is 0.602. The van der Waals surface area contributed by atoms with Crippen LogP contribution in [0.15, 0.2) is 0 Å². The molecule has 2 nitrogen and oxygen atoms in total. The number of ether oxygens (including phenoxy) is 1. The molecule has 0 aromatic carbocycles. The molecule has 1 atom stereocenters. The lowest BCUT2D eigenvalue weighted by Gasteiger charge is -2.25. The first-order valence-corrected chi connectivity index (χ1v) is 6.73. The highest BCUT2D eigenvalue weighted by Gasteiger charge is 2.25. The monoisotopic (exact) mass is 148 g/mol. The van der Waals surface area contributed by atoms with E-state index in [9.17, 15) is 0 Å². The third kappa shape index (κ3) is 2.98. The third-order valence-electron chi connectivity index (χ3n) is 1.42. The molecule has 0 amide bonds. The second-order valence-corrected chi connectivity index (χ2v) is 8.65. The van der Waals surface area contributed by atoms with Crippen molar-refractivity contribution in [3.05, 3.63) is 0 Å². The van der Waals surface area contributed by atoms with Gasteiger partial charge in [0.05, 0.1) is 20.4 Å². The Morgan fingerprint density at radius 3 is 1.89 bits per heavy atom. The van der Waals surface area contributed by atoms with E-state index in [2.05, 4.69) is 19.6 Å². The fourth-order valence-corrected chi connectivity index (χ4v) is 1.96. The van der Waals surface area contributed by atoms with Crippen LogP contribution in [0.4, 0.5) is 0 Å². The summed E-state index contributed by atoms with van der Waals surface area (Å²) in [5.41, 5.74) is 0.0949. The summed E-state index contributed by atoms with van der Waals surface area (Å²) < 4.78 is 5.08. The number of hydrogen-bond donors (Lipinski definition) is 1. The van der Waals surface area contributed by atoms with Crippen LogP contribution in [0.2, 0.25) is 19.6 Å². The van der Waals surface area contributed by atoms with E-state index < -0.39 is 8.07 Å². The fraction of sp³-hybridized carbons (Fsp3) is 1.00. The molecule has 0 fully saturated rings. The first-order chi connectivity index (χ1) is 4.02. The summed E-state index contributed by atoms with van der Waals surface area (Å²) in [5.74, 6) is 0. The standard InChI is InChI=1S/C6H16O2Si/c1-8-6(5-7)9(2,3)4/h6-7H,5H2,1-4H3. The summed E-state index contributed by atoms with van der Waals surface area (Å²) >= 11 is 0. The minimum Gasteiger partial charge on any atom is -0.394 e. The SMILES string of the molecule is COC(CO)[Si](C)(C)C. The molecular weight excluding hydrogens is 132 g/mol. The maximum Gasteiger partial charge on any atom is 0.0815 e. The van der Waals surface area contributed by atoms with E-state index in [1.165, 1.54) is 0 Å². The lowest BCUT2D eigenvalue weighted by molar-refractivity contribution is 0.0968. The molecule has 0 aliphatic rings. The molecule has 0 spiro atoms. The van der Waals surface area contributed by atoms with Gasteiger partial charge in [0.15, 0.2) is 0 Å². The molecule has 1 unspecified atom stereocenters. The van der Waals surface area contributed by atoms with Gasteiger partial charge in [0.25, 0.3) is 0 Å². The molecular formula is C6H16O2Si. The zero-order valence-electron chi connectivity index (χ0n) is 6.64. The lowest BCUT2D eigenvalue weighted by Crippen LogP contribution is -2.42. The van der Waals surface area contributed by atoms with Crippen LogP contribution in [0.3, 0.4) is 0 Å².